The van der Waals surface area contributed by atoms with Crippen LogP contribution in [0, 0.1) is 5.92 Å². The molecule has 0 saturated heterocycles. The summed E-state index contributed by atoms with van der Waals surface area (Å²) >= 11 is 0. The highest BCUT2D eigenvalue weighted by Crippen LogP contribution is 2.30. The predicted octanol–water partition coefficient (Wildman–Crippen LogP) is 6.42. The normalized spacial score (nSPS) is 12.1. The van der Waals surface area contributed by atoms with Crippen molar-refractivity contribution in [2.75, 3.05) is 14.2 Å². The van der Waals surface area contributed by atoms with E-state index in [-0.39, 0.29) is 17.5 Å². The van der Waals surface area contributed by atoms with Crippen LogP contribution in [0.25, 0.3) is 11.1 Å². The molecule has 4 rings (SSSR count). The van der Waals surface area contributed by atoms with Gasteiger partial charge in [0, 0.05) is 5.92 Å². The lowest BCUT2D eigenvalue weighted by molar-refractivity contribution is -0.121. The second-order valence-electron chi connectivity index (χ2n) is 10.8. The van der Waals surface area contributed by atoms with Crippen molar-refractivity contribution in [3.63, 3.8) is 0 Å². The molecule has 0 aliphatic heterocycles. The van der Waals surface area contributed by atoms with E-state index in [4.69, 9.17) is 20.5 Å². The number of aryl methyl sites for hydroxylation is 1. The fourth-order valence-corrected chi connectivity index (χ4v) is 5.03. The Morgan fingerprint density at radius 3 is 1.73 bits per heavy atom. The molecule has 230 valence electrons. The van der Waals surface area contributed by atoms with Crippen molar-refractivity contribution in [3.8, 4) is 11.5 Å². The summed E-state index contributed by atoms with van der Waals surface area (Å²) in [5.74, 6) is 0.912. The molecule has 0 fully saturated rings. The van der Waals surface area contributed by atoms with Gasteiger partial charge in [0.1, 0.15) is 11.5 Å². The van der Waals surface area contributed by atoms with Crippen LogP contribution in [-0.4, -0.2) is 47.8 Å². The summed E-state index contributed by atoms with van der Waals surface area (Å²) in [5, 5.41) is 0. The van der Waals surface area contributed by atoms with E-state index in [1.807, 2.05) is 104 Å². The molecule has 4 aromatic carbocycles. The Kier molecular flexibility index (Phi) is 13.4. The minimum atomic E-state index is -0.806. The summed E-state index contributed by atoms with van der Waals surface area (Å²) in [7, 11) is 3.22. The molecule has 8 nitrogen and oxygen atoms in total. The van der Waals surface area contributed by atoms with E-state index >= 15 is 0 Å². The number of hydrogen-bond donors (Lipinski definition) is 0. The van der Waals surface area contributed by atoms with Gasteiger partial charge in [0.25, 0.3) is 0 Å². The molecule has 2 atom stereocenters. The first-order valence-electron chi connectivity index (χ1n) is 14.6. The molecule has 0 aliphatic carbocycles. The van der Waals surface area contributed by atoms with Crippen LogP contribution >= 0.6 is 0 Å². The number of ketones is 2. The molecule has 45 heavy (non-hydrogen) atoms. The number of carbonyl (C=O) groups excluding carboxylic acids is 2. The summed E-state index contributed by atoms with van der Waals surface area (Å²) in [4.78, 5) is 30.4. The number of ether oxygens (including phenoxy) is 2. The molecule has 0 amide bonds. The van der Waals surface area contributed by atoms with Gasteiger partial charge >= 0.3 is 12.4 Å². The number of hydrogen-bond acceptors (Lipinski definition) is 4. The van der Waals surface area contributed by atoms with E-state index in [0.29, 0.717) is 19.3 Å². The zero-order valence-corrected chi connectivity index (χ0v) is 25.9. The third-order valence-electron chi connectivity index (χ3n) is 7.70. The highest BCUT2D eigenvalue weighted by Gasteiger charge is 2.36. The van der Waals surface area contributed by atoms with Crippen LogP contribution in [0.5, 0.6) is 11.5 Å². The number of carbonyl (C=O) groups is 2. The second kappa shape index (κ2) is 17.6. The Labute approximate surface area is 264 Å². The van der Waals surface area contributed by atoms with Crippen molar-refractivity contribution in [2.45, 2.75) is 38.0 Å². The van der Waals surface area contributed by atoms with Crippen molar-refractivity contribution in [3.05, 3.63) is 143 Å². The Bertz CT molecular complexity index is 1610. The van der Waals surface area contributed by atoms with Crippen LogP contribution in [0.2, 0.25) is 0 Å². The summed E-state index contributed by atoms with van der Waals surface area (Å²) in [6.45, 7) is 1.85. The average molecular weight is 603 g/mol. The molecule has 0 radical (unpaired) electrons. The molecule has 0 N–H and O–H groups in total. The molecule has 0 aliphatic rings. The second-order valence-corrected chi connectivity index (χ2v) is 10.8. The molecule has 0 bridgehead atoms. The minimum absolute atomic E-state index is 0.153. The first-order valence-corrected chi connectivity index (χ1v) is 14.6. The summed E-state index contributed by atoms with van der Waals surface area (Å²) in [6, 6.07) is 34.9. The van der Waals surface area contributed by atoms with E-state index < -0.39 is 5.41 Å². The first kappa shape index (κ1) is 34.1. The van der Waals surface area contributed by atoms with Crippen LogP contribution in [-0.2, 0) is 34.3 Å². The third-order valence-corrected chi connectivity index (χ3v) is 7.70. The van der Waals surface area contributed by atoms with Crippen LogP contribution in [0.15, 0.2) is 109 Å². The maximum atomic E-state index is 12.5. The topological polar surface area (TPSA) is 125 Å². The molecule has 0 heterocycles. The van der Waals surface area contributed by atoms with E-state index in [2.05, 4.69) is 21.7 Å². The van der Waals surface area contributed by atoms with Crippen LogP contribution in [0.1, 0.15) is 35.6 Å². The number of nitrogens with zero attached hydrogens (tertiary/aromatic N) is 4. The van der Waals surface area contributed by atoms with Gasteiger partial charge in [-0.1, -0.05) is 84.9 Å². The van der Waals surface area contributed by atoms with Crippen molar-refractivity contribution in [2.24, 2.45) is 5.92 Å². The van der Waals surface area contributed by atoms with Crippen molar-refractivity contribution < 1.29 is 28.6 Å². The Balaban J connectivity index is 0.000000246. The van der Waals surface area contributed by atoms with Crippen molar-refractivity contribution >= 4 is 24.0 Å². The molecular weight excluding hydrogens is 564 g/mol. The Morgan fingerprint density at radius 2 is 1.22 bits per heavy atom. The molecule has 0 aromatic heterocycles. The quantitative estimate of drug-likeness (QED) is 0.0938. The summed E-state index contributed by atoms with van der Waals surface area (Å²) in [5.41, 5.74) is 20.7. The zero-order chi connectivity index (χ0) is 32.5. The lowest BCUT2D eigenvalue weighted by atomic mass is 9.74. The van der Waals surface area contributed by atoms with Gasteiger partial charge in [-0.05, 0) is 79.1 Å². The van der Waals surface area contributed by atoms with Gasteiger partial charge in [-0.25, -0.2) is 0 Å². The van der Waals surface area contributed by atoms with Crippen LogP contribution < -0.4 is 9.47 Å². The smallest absolute Gasteiger partial charge is 0.324 e. The van der Waals surface area contributed by atoms with Gasteiger partial charge in [0.2, 0.25) is 11.6 Å². The molecule has 0 spiro atoms. The van der Waals surface area contributed by atoms with E-state index in [9.17, 15) is 9.59 Å². The first-order chi connectivity index (χ1) is 21.8. The fourth-order valence-electron chi connectivity index (χ4n) is 5.03. The van der Waals surface area contributed by atoms with Crippen molar-refractivity contribution in [1.82, 2.24) is 0 Å². The molecule has 8 heteroatoms. The molecule has 4 aromatic rings. The fraction of sp³-hybridized carbons (Fsp3) is 0.243. The largest absolute Gasteiger partial charge is 0.497 e. The predicted molar refractivity (Wildman–Crippen MR) is 175 cm³/mol. The number of methoxy groups -OCH3 is 2. The average Bonchev–Trinajstić information content (AvgIpc) is 3.08. The van der Waals surface area contributed by atoms with Crippen LogP contribution in [0.4, 0.5) is 0 Å². The highest BCUT2D eigenvalue weighted by molar-refractivity contribution is 6.29. The Morgan fingerprint density at radius 1 is 0.711 bits per heavy atom. The SMILES string of the molecule is COc1ccc(C(C)(Cc2ccccc2)C(=O)C=[N+]=[N-])cc1.COc1ccc(CC(CCc2ccccc2)C(=O)C=[N+]=[N-])cc1. The van der Waals surface area contributed by atoms with E-state index in [1.165, 1.54) is 5.56 Å². The lowest BCUT2D eigenvalue weighted by Crippen LogP contribution is -2.36. The monoisotopic (exact) mass is 602 g/mol. The number of Topliss-reactive ketones (excluding diaryl/α,β-unsaturated/α-hetero) is 2. The summed E-state index contributed by atoms with van der Waals surface area (Å²) in [6.07, 6.45) is 4.62. The van der Waals surface area contributed by atoms with Crippen molar-refractivity contribution in [1.29, 1.82) is 0 Å². The van der Waals surface area contributed by atoms with Gasteiger partial charge in [0.05, 0.1) is 19.6 Å². The van der Waals surface area contributed by atoms with Gasteiger partial charge in [-0.2, -0.15) is 9.58 Å². The van der Waals surface area contributed by atoms with E-state index in [0.717, 1.165) is 47.0 Å². The number of benzene rings is 4. The van der Waals surface area contributed by atoms with Gasteiger partial charge in [-0.15, -0.1) is 0 Å². The van der Waals surface area contributed by atoms with Crippen LogP contribution in [0.3, 0.4) is 0 Å². The maximum Gasteiger partial charge on any atom is 0.324 e. The zero-order valence-electron chi connectivity index (χ0n) is 25.9. The summed E-state index contributed by atoms with van der Waals surface area (Å²) < 4.78 is 10.3. The molecular formula is C37H38N4O4. The Hall–Kier alpha value is -5.42. The highest BCUT2D eigenvalue weighted by atomic mass is 16.5. The van der Waals surface area contributed by atoms with Gasteiger partial charge in [-0.3, -0.25) is 9.59 Å². The third kappa shape index (κ3) is 10.4. The maximum absolute atomic E-state index is 12.5. The minimum Gasteiger partial charge on any atom is -0.497 e. The molecule has 0 saturated carbocycles. The van der Waals surface area contributed by atoms with Gasteiger partial charge in [0.15, 0.2) is 0 Å². The van der Waals surface area contributed by atoms with Gasteiger partial charge < -0.3 is 20.5 Å². The number of rotatable bonds is 14. The molecule has 2 unspecified atom stereocenters. The lowest BCUT2D eigenvalue weighted by Gasteiger charge is -2.26. The standard InChI is InChI=1S/C19H20N2O2.C18H18N2O2/c1-23-18-11-8-16(9-12-18)13-17(19(22)14-21-20)10-7-15-5-3-2-4-6-15;1-18(17(21)13-20-19,12-14-6-4-3-5-7-14)15-8-10-16(22-2)11-9-15/h2-6,8-9,11-12,14,17H,7,10,13H2,1H3;3-11,13H,12H2,1-2H3. The van der Waals surface area contributed by atoms with E-state index in [1.54, 1.807) is 14.2 Å².